The monoisotopic (exact) mass is 475 g/mol. The van der Waals surface area contributed by atoms with Crippen LogP contribution in [0.1, 0.15) is 34.9 Å². The summed E-state index contributed by atoms with van der Waals surface area (Å²) in [6.45, 7) is 12.0. The Hall–Kier alpha value is -2.90. The van der Waals surface area contributed by atoms with Gasteiger partial charge in [0.1, 0.15) is 18.3 Å². The third-order valence-corrected chi connectivity index (χ3v) is 5.38. The number of aromatic nitrogens is 1. The number of thiazole rings is 1. The summed E-state index contributed by atoms with van der Waals surface area (Å²) in [6, 6.07) is 8.10. The zero-order valence-electron chi connectivity index (χ0n) is 18.8. The predicted molar refractivity (Wildman–Crippen MR) is 132 cm³/mol. The molecule has 8 heteroatoms. The summed E-state index contributed by atoms with van der Waals surface area (Å²) in [4.78, 5) is 9.60. The first kappa shape index (κ1) is 25.4. The molecule has 0 saturated heterocycles. The molecule has 1 N–H and O–H groups in total. The Labute approximate surface area is 197 Å². The van der Waals surface area contributed by atoms with Gasteiger partial charge in [0.05, 0.1) is 22.0 Å². The van der Waals surface area contributed by atoms with Gasteiger partial charge in [-0.3, -0.25) is 0 Å². The Balaban J connectivity index is 0.00000176. The standard InChI is InChI=1S/C22H21ClFN3O2S.C2H6/c1-5-25-22(27-15-6-7-19(24)18(23)9-15)17-10-20(28-4)21(8-13(17)2)29-12-16-11-26-14(3)30-16;1-2/h5-11H,1,12H2,2-4H3,(H,25,27);1-2H3. The molecule has 0 fully saturated rings. The van der Waals surface area contributed by atoms with Crippen molar-refractivity contribution in [3.8, 4) is 11.5 Å². The summed E-state index contributed by atoms with van der Waals surface area (Å²) in [5, 5.41) is 4.17. The highest BCUT2D eigenvalue weighted by Gasteiger charge is 2.15. The Morgan fingerprint density at radius 3 is 2.59 bits per heavy atom. The zero-order valence-corrected chi connectivity index (χ0v) is 20.4. The number of amidine groups is 1. The second-order valence-corrected chi connectivity index (χ2v) is 8.09. The Kier molecular flexibility index (Phi) is 9.68. The molecule has 0 unspecified atom stereocenters. The minimum atomic E-state index is -0.486. The van der Waals surface area contributed by atoms with Gasteiger partial charge in [-0.05, 0) is 49.7 Å². The quantitative estimate of drug-likeness (QED) is 0.290. The first-order chi connectivity index (χ1) is 15.4. The van der Waals surface area contributed by atoms with Crippen LogP contribution in [0.4, 0.5) is 10.1 Å². The van der Waals surface area contributed by atoms with Gasteiger partial charge < -0.3 is 14.8 Å². The fourth-order valence-corrected chi connectivity index (χ4v) is 3.67. The van der Waals surface area contributed by atoms with E-state index in [4.69, 9.17) is 21.1 Å². The van der Waals surface area contributed by atoms with E-state index in [0.717, 1.165) is 21.0 Å². The van der Waals surface area contributed by atoms with Gasteiger partial charge in [0, 0.05) is 23.6 Å². The molecule has 5 nitrogen and oxygen atoms in total. The largest absolute Gasteiger partial charge is 0.493 e. The smallest absolute Gasteiger partial charge is 0.162 e. The Bertz CT molecular complexity index is 1100. The van der Waals surface area contributed by atoms with Gasteiger partial charge >= 0.3 is 0 Å². The summed E-state index contributed by atoms with van der Waals surface area (Å²) >= 11 is 7.48. The lowest BCUT2D eigenvalue weighted by molar-refractivity contribution is 0.287. The molecule has 0 bridgehead atoms. The van der Waals surface area contributed by atoms with Crippen LogP contribution in [0.5, 0.6) is 11.5 Å². The number of anilines is 1. The minimum absolute atomic E-state index is 0.0225. The van der Waals surface area contributed by atoms with Gasteiger partial charge in [0.25, 0.3) is 0 Å². The maximum absolute atomic E-state index is 13.5. The molecule has 1 heterocycles. The molecule has 0 aliphatic carbocycles. The van der Waals surface area contributed by atoms with Crippen molar-refractivity contribution in [2.75, 3.05) is 12.4 Å². The molecule has 32 heavy (non-hydrogen) atoms. The highest BCUT2D eigenvalue weighted by molar-refractivity contribution is 7.11. The van der Waals surface area contributed by atoms with Crippen molar-refractivity contribution < 1.29 is 13.9 Å². The van der Waals surface area contributed by atoms with Crippen molar-refractivity contribution in [3.63, 3.8) is 0 Å². The van der Waals surface area contributed by atoms with Crippen LogP contribution in [0, 0.1) is 19.7 Å². The number of halogens is 2. The molecule has 0 saturated carbocycles. The molecule has 0 spiro atoms. The third kappa shape index (κ3) is 6.55. The molecular formula is C24H27ClFN3O2S. The molecule has 0 radical (unpaired) electrons. The van der Waals surface area contributed by atoms with Gasteiger partial charge in [-0.1, -0.05) is 32.0 Å². The predicted octanol–water partition coefficient (Wildman–Crippen LogP) is 7.17. The highest BCUT2D eigenvalue weighted by Crippen LogP contribution is 2.32. The minimum Gasteiger partial charge on any atom is -0.493 e. The van der Waals surface area contributed by atoms with Crippen LogP contribution in [0.3, 0.4) is 0 Å². The lowest BCUT2D eigenvalue weighted by Gasteiger charge is -2.16. The Morgan fingerprint density at radius 1 is 1.25 bits per heavy atom. The number of nitrogens with one attached hydrogen (secondary N) is 1. The number of rotatable bonds is 7. The van der Waals surface area contributed by atoms with Gasteiger partial charge in [0.2, 0.25) is 0 Å². The second-order valence-electron chi connectivity index (χ2n) is 6.37. The molecule has 1 aromatic heterocycles. The van der Waals surface area contributed by atoms with E-state index >= 15 is 0 Å². The van der Waals surface area contributed by atoms with Crippen molar-refractivity contribution in [1.29, 1.82) is 0 Å². The van der Waals surface area contributed by atoms with E-state index in [2.05, 4.69) is 21.9 Å². The average molecular weight is 476 g/mol. The van der Waals surface area contributed by atoms with Crippen LogP contribution in [0.2, 0.25) is 5.02 Å². The van der Waals surface area contributed by atoms with E-state index in [1.165, 1.54) is 18.3 Å². The van der Waals surface area contributed by atoms with Crippen LogP contribution in [0.25, 0.3) is 0 Å². The van der Waals surface area contributed by atoms with Gasteiger partial charge in [-0.2, -0.15) is 0 Å². The van der Waals surface area contributed by atoms with Gasteiger partial charge in [-0.25, -0.2) is 14.4 Å². The van der Waals surface area contributed by atoms with Gasteiger partial charge in [0.15, 0.2) is 11.5 Å². The van der Waals surface area contributed by atoms with E-state index < -0.39 is 5.82 Å². The van der Waals surface area contributed by atoms with Crippen LogP contribution >= 0.6 is 22.9 Å². The van der Waals surface area contributed by atoms with E-state index in [1.54, 1.807) is 30.7 Å². The molecule has 170 valence electrons. The van der Waals surface area contributed by atoms with Crippen molar-refractivity contribution in [2.24, 2.45) is 4.99 Å². The highest BCUT2D eigenvalue weighted by atomic mass is 35.5. The summed E-state index contributed by atoms with van der Waals surface area (Å²) in [5.74, 6) is 1.22. The van der Waals surface area contributed by atoms with Crippen molar-refractivity contribution in [3.05, 3.63) is 81.2 Å². The normalized spacial score (nSPS) is 10.8. The van der Waals surface area contributed by atoms with Crippen LogP contribution in [-0.2, 0) is 6.61 Å². The van der Waals surface area contributed by atoms with Gasteiger partial charge in [-0.15, -0.1) is 11.3 Å². The maximum atomic E-state index is 13.5. The Morgan fingerprint density at radius 2 is 2.00 bits per heavy atom. The van der Waals surface area contributed by atoms with E-state index in [-0.39, 0.29) is 5.02 Å². The topological polar surface area (TPSA) is 55.7 Å². The molecule has 3 rings (SSSR count). The van der Waals surface area contributed by atoms with E-state index in [1.807, 2.05) is 39.8 Å². The first-order valence-electron chi connectivity index (χ1n) is 10.0. The fourth-order valence-electron chi connectivity index (χ4n) is 2.78. The number of aryl methyl sites for hydroxylation is 2. The lowest BCUT2D eigenvalue weighted by Crippen LogP contribution is -2.15. The molecule has 3 aromatic rings. The SMILES string of the molecule is C=CN=C(Nc1ccc(F)c(Cl)c1)c1cc(OC)c(OCc2cnc(C)s2)cc1C.CC. The van der Waals surface area contributed by atoms with Crippen molar-refractivity contribution >= 4 is 34.5 Å². The molecule has 0 aliphatic rings. The summed E-state index contributed by atoms with van der Waals surface area (Å²) in [5.41, 5.74) is 2.29. The summed E-state index contributed by atoms with van der Waals surface area (Å²) in [6.07, 6.45) is 3.23. The van der Waals surface area contributed by atoms with Crippen molar-refractivity contribution in [1.82, 2.24) is 4.98 Å². The molecule has 0 atom stereocenters. The summed E-state index contributed by atoms with van der Waals surface area (Å²) < 4.78 is 25.0. The number of benzene rings is 2. The second kappa shape index (κ2) is 12.2. The van der Waals surface area contributed by atoms with Crippen LogP contribution in [0.15, 0.2) is 54.3 Å². The summed E-state index contributed by atoms with van der Waals surface area (Å²) in [7, 11) is 1.58. The van der Waals surface area contributed by atoms with Crippen LogP contribution < -0.4 is 14.8 Å². The number of methoxy groups -OCH3 is 1. The zero-order chi connectivity index (χ0) is 23.7. The number of hydrogen-bond donors (Lipinski definition) is 1. The van der Waals surface area contributed by atoms with Crippen molar-refractivity contribution in [2.45, 2.75) is 34.3 Å². The molecule has 0 amide bonds. The first-order valence-corrected chi connectivity index (χ1v) is 11.2. The molecule has 0 aliphatic heterocycles. The van der Waals surface area contributed by atoms with E-state index in [9.17, 15) is 4.39 Å². The van der Waals surface area contributed by atoms with Crippen LogP contribution in [-0.4, -0.2) is 17.9 Å². The number of ether oxygens (including phenoxy) is 2. The number of hydrogen-bond acceptors (Lipinski definition) is 5. The lowest BCUT2D eigenvalue weighted by atomic mass is 10.1. The maximum Gasteiger partial charge on any atom is 0.162 e. The number of aliphatic imine (C=N–C) groups is 1. The molecular weight excluding hydrogens is 449 g/mol. The third-order valence-electron chi connectivity index (χ3n) is 4.21. The average Bonchev–Trinajstić information content (AvgIpc) is 3.21. The fraction of sp³-hybridized carbons (Fsp3) is 0.250. The molecule has 2 aromatic carbocycles. The number of nitrogens with zero attached hydrogens (tertiary/aromatic N) is 2. The van der Waals surface area contributed by atoms with E-state index in [0.29, 0.717) is 29.6 Å².